The van der Waals surface area contributed by atoms with E-state index in [0.717, 1.165) is 0 Å². The molecule has 0 saturated carbocycles. The van der Waals surface area contributed by atoms with Crippen LogP contribution in [0.3, 0.4) is 0 Å². The van der Waals surface area contributed by atoms with E-state index in [2.05, 4.69) is 0 Å². The molecule has 7 heteroatoms. The highest BCUT2D eigenvalue weighted by molar-refractivity contribution is 6.30. The number of nitrogens with zero attached hydrogens (tertiary/aromatic N) is 1. The first-order valence-electron chi connectivity index (χ1n) is 7.78. The number of anilines is 1. The van der Waals surface area contributed by atoms with Gasteiger partial charge in [0, 0.05) is 5.56 Å². The van der Waals surface area contributed by atoms with E-state index in [4.69, 9.17) is 21.1 Å². The van der Waals surface area contributed by atoms with Gasteiger partial charge in [-0.25, -0.2) is 0 Å². The lowest BCUT2D eigenvalue weighted by molar-refractivity contribution is -0.147. The summed E-state index contributed by atoms with van der Waals surface area (Å²) in [7, 11) is 0. The summed E-state index contributed by atoms with van der Waals surface area (Å²) in [5.41, 5.74) is 0.727. The number of ketones is 1. The SMILES string of the molecule is CCC(C)OC(=O)CN1C(=O)C(C)Oc2ccc(C(=O)CCl)cc21. The lowest BCUT2D eigenvalue weighted by Crippen LogP contribution is -2.47. The van der Waals surface area contributed by atoms with Crippen LogP contribution in [0.2, 0.25) is 0 Å². The van der Waals surface area contributed by atoms with Crippen molar-refractivity contribution in [2.75, 3.05) is 17.3 Å². The first kappa shape index (κ1) is 18.3. The highest BCUT2D eigenvalue weighted by atomic mass is 35.5. The number of benzene rings is 1. The Hall–Kier alpha value is -2.08. The molecule has 0 fully saturated rings. The van der Waals surface area contributed by atoms with Gasteiger partial charge in [0.05, 0.1) is 17.7 Å². The van der Waals surface area contributed by atoms with Crippen LogP contribution in [0.25, 0.3) is 0 Å². The van der Waals surface area contributed by atoms with Crippen LogP contribution in [0.5, 0.6) is 5.75 Å². The molecule has 2 rings (SSSR count). The van der Waals surface area contributed by atoms with Crippen molar-refractivity contribution in [2.45, 2.75) is 39.4 Å². The third-order valence-corrected chi connectivity index (χ3v) is 4.05. The second-order valence-electron chi connectivity index (χ2n) is 5.63. The highest BCUT2D eigenvalue weighted by Gasteiger charge is 2.33. The molecule has 130 valence electrons. The Balaban J connectivity index is 2.32. The smallest absolute Gasteiger partial charge is 0.326 e. The van der Waals surface area contributed by atoms with Gasteiger partial charge >= 0.3 is 5.97 Å². The minimum atomic E-state index is -0.719. The van der Waals surface area contributed by atoms with Crippen molar-refractivity contribution >= 4 is 34.9 Å². The molecule has 0 N–H and O–H groups in total. The summed E-state index contributed by atoms with van der Waals surface area (Å²) in [6, 6.07) is 4.70. The average molecular weight is 354 g/mol. The van der Waals surface area contributed by atoms with Gasteiger partial charge in [0.1, 0.15) is 12.3 Å². The Morgan fingerprint density at radius 1 is 1.42 bits per heavy atom. The maximum absolute atomic E-state index is 12.4. The largest absolute Gasteiger partial charge is 0.479 e. The third-order valence-electron chi connectivity index (χ3n) is 3.81. The maximum atomic E-state index is 12.4. The van der Waals surface area contributed by atoms with E-state index in [1.165, 1.54) is 11.0 Å². The third kappa shape index (κ3) is 3.87. The lowest BCUT2D eigenvalue weighted by Gasteiger charge is -2.32. The topological polar surface area (TPSA) is 72.9 Å². The molecule has 24 heavy (non-hydrogen) atoms. The molecule has 1 aromatic carbocycles. The first-order chi connectivity index (χ1) is 11.4. The van der Waals surface area contributed by atoms with Crippen molar-refractivity contribution in [3.8, 4) is 5.75 Å². The van der Waals surface area contributed by atoms with E-state index < -0.39 is 12.1 Å². The van der Waals surface area contributed by atoms with E-state index in [0.29, 0.717) is 23.4 Å². The summed E-state index contributed by atoms with van der Waals surface area (Å²) in [6.07, 6.45) is -0.261. The van der Waals surface area contributed by atoms with Gasteiger partial charge < -0.3 is 9.47 Å². The average Bonchev–Trinajstić information content (AvgIpc) is 2.57. The summed E-state index contributed by atoms with van der Waals surface area (Å²) in [5, 5.41) is 0. The molecule has 1 heterocycles. The molecule has 1 aromatic rings. The minimum absolute atomic E-state index is 0.167. The first-order valence-corrected chi connectivity index (χ1v) is 8.31. The van der Waals surface area contributed by atoms with Gasteiger partial charge in [-0.15, -0.1) is 11.6 Å². The second-order valence-corrected chi connectivity index (χ2v) is 5.90. The fourth-order valence-electron chi connectivity index (χ4n) is 2.29. The summed E-state index contributed by atoms with van der Waals surface area (Å²) >= 11 is 5.58. The van der Waals surface area contributed by atoms with Gasteiger partial charge in [-0.1, -0.05) is 6.92 Å². The fraction of sp³-hybridized carbons (Fsp3) is 0.471. The lowest BCUT2D eigenvalue weighted by atomic mass is 10.1. The van der Waals surface area contributed by atoms with Gasteiger partial charge in [-0.05, 0) is 38.5 Å². The van der Waals surface area contributed by atoms with Crippen LogP contribution in [0.1, 0.15) is 37.6 Å². The Morgan fingerprint density at radius 2 is 2.12 bits per heavy atom. The Labute approximate surface area is 145 Å². The summed E-state index contributed by atoms with van der Waals surface area (Å²) in [4.78, 5) is 37.6. The standard InChI is InChI=1S/C17H20ClNO5/c1-4-10(2)23-16(21)9-19-13-7-12(14(20)8-18)5-6-15(13)24-11(3)17(19)22/h5-7,10-11H,4,8-9H2,1-3H3. The minimum Gasteiger partial charge on any atom is -0.479 e. The number of hydrogen-bond acceptors (Lipinski definition) is 5. The molecular formula is C17H20ClNO5. The summed E-state index contributed by atoms with van der Waals surface area (Å²) in [6.45, 7) is 5.06. The molecule has 2 atom stereocenters. The number of alkyl halides is 1. The number of esters is 1. The van der Waals surface area contributed by atoms with Crippen molar-refractivity contribution in [1.82, 2.24) is 0 Å². The number of hydrogen-bond donors (Lipinski definition) is 0. The highest BCUT2D eigenvalue weighted by Crippen LogP contribution is 2.35. The predicted octanol–water partition coefficient (Wildman–Crippen LogP) is 2.56. The van der Waals surface area contributed by atoms with Gasteiger partial charge in [-0.2, -0.15) is 0 Å². The zero-order valence-electron chi connectivity index (χ0n) is 13.9. The molecule has 2 unspecified atom stereocenters. The Bertz CT molecular complexity index is 660. The van der Waals surface area contributed by atoms with Crippen LogP contribution < -0.4 is 9.64 Å². The van der Waals surface area contributed by atoms with E-state index in [1.807, 2.05) is 6.92 Å². The second kappa shape index (κ2) is 7.66. The molecule has 0 spiro atoms. The molecule has 0 aromatic heterocycles. The van der Waals surface area contributed by atoms with Crippen molar-refractivity contribution in [1.29, 1.82) is 0 Å². The molecule has 0 bridgehead atoms. The fourth-order valence-corrected chi connectivity index (χ4v) is 2.45. The van der Waals surface area contributed by atoms with Crippen LogP contribution in [0.15, 0.2) is 18.2 Å². The van der Waals surface area contributed by atoms with Gasteiger partial charge in [0.25, 0.3) is 5.91 Å². The van der Waals surface area contributed by atoms with Crippen LogP contribution in [0.4, 0.5) is 5.69 Å². The number of carbonyl (C=O) groups excluding carboxylic acids is 3. The van der Waals surface area contributed by atoms with Crippen LogP contribution in [0, 0.1) is 0 Å². The molecule has 1 aliphatic rings. The predicted molar refractivity (Wildman–Crippen MR) is 89.8 cm³/mol. The number of halogens is 1. The number of amides is 1. The van der Waals surface area contributed by atoms with Gasteiger partial charge in [0.15, 0.2) is 11.9 Å². The Kier molecular flexibility index (Phi) is 5.83. The molecular weight excluding hydrogens is 334 g/mol. The molecule has 0 saturated heterocycles. The van der Waals surface area contributed by atoms with E-state index in [9.17, 15) is 14.4 Å². The van der Waals surface area contributed by atoms with E-state index in [1.54, 1.807) is 26.0 Å². The normalized spacial score (nSPS) is 17.8. The van der Waals surface area contributed by atoms with Crippen molar-refractivity contribution in [2.24, 2.45) is 0 Å². The number of Topliss-reactive ketones (excluding diaryl/α,β-unsaturated/α-hetero) is 1. The van der Waals surface area contributed by atoms with Gasteiger partial charge in [-0.3, -0.25) is 19.3 Å². The molecule has 0 radical (unpaired) electrons. The Morgan fingerprint density at radius 3 is 2.75 bits per heavy atom. The van der Waals surface area contributed by atoms with Crippen molar-refractivity contribution < 1.29 is 23.9 Å². The van der Waals surface area contributed by atoms with Crippen LogP contribution >= 0.6 is 11.6 Å². The summed E-state index contributed by atoms with van der Waals surface area (Å²) in [5.74, 6) is -0.872. The van der Waals surface area contributed by atoms with Gasteiger partial charge in [0.2, 0.25) is 0 Å². The number of carbonyl (C=O) groups is 3. The molecule has 6 nitrogen and oxygen atoms in total. The zero-order valence-corrected chi connectivity index (χ0v) is 14.6. The van der Waals surface area contributed by atoms with Crippen molar-refractivity contribution in [3.05, 3.63) is 23.8 Å². The molecule has 1 aliphatic heterocycles. The number of rotatable bonds is 6. The molecule has 1 amide bonds. The quantitative estimate of drug-likeness (QED) is 0.446. The van der Waals surface area contributed by atoms with E-state index >= 15 is 0 Å². The summed E-state index contributed by atoms with van der Waals surface area (Å²) < 4.78 is 10.8. The zero-order chi connectivity index (χ0) is 17.9. The monoisotopic (exact) mass is 353 g/mol. The molecule has 0 aliphatic carbocycles. The van der Waals surface area contributed by atoms with Crippen LogP contribution in [-0.4, -0.2) is 42.3 Å². The number of ether oxygens (including phenoxy) is 2. The van der Waals surface area contributed by atoms with E-state index in [-0.39, 0.29) is 30.2 Å². The van der Waals surface area contributed by atoms with Crippen LogP contribution in [-0.2, 0) is 14.3 Å². The maximum Gasteiger partial charge on any atom is 0.326 e. The number of fused-ring (bicyclic) bond motifs is 1. The van der Waals surface area contributed by atoms with Crippen molar-refractivity contribution in [3.63, 3.8) is 0 Å².